The highest BCUT2D eigenvalue weighted by atomic mass is 35.5. The van der Waals surface area contributed by atoms with E-state index in [-0.39, 0.29) is 0 Å². The summed E-state index contributed by atoms with van der Waals surface area (Å²) in [7, 11) is 0. The van der Waals surface area contributed by atoms with Gasteiger partial charge in [0.05, 0.1) is 0 Å². The summed E-state index contributed by atoms with van der Waals surface area (Å²) in [4.78, 5) is 8.73. The lowest BCUT2D eigenvalue weighted by Gasteiger charge is -2.10. The van der Waals surface area contributed by atoms with E-state index in [9.17, 15) is 0 Å². The summed E-state index contributed by atoms with van der Waals surface area (Å²) >= 11 is 7.60. The topological polar surface area (TPSA) is 47.0 Å². The van der Waals surface area contributed by atoms with Crippen LogP contribution in [0.3, 0.4) is 0 Å². The van der Waals surface area contributed by atoms with Crippen LogP contribution >= 0.6 is 23.4 Å². The predicted octanol–water partition coefficient (Wildman–Crippen LogP) is 4.64. The van der Waals surface area contributed by atoms with E-state index in [0.717, 1.165) is 35.1 Å². The van der Waals surface area contributed by atoms with Crippen LogP contribution in [0.25, 0.3) is 0 Å². The fourth-order valence-corrected chi connectivity index (χ4v) is 2.45. The van der Waals surface area contributed by atoms with Gasteiger partial charge in [0, 0.05) is 17.6 Å². The van der Waals surface area contributed by atoms with Crippen molar-refractivity contribution in [2.24, 2.45) is 0 Å². The smallest absolute Gasteiger partial charge is 0.225 e. The summed E-state index contributed by atoms with van der Waals surface area (Å²) < 4.78 is 5.84. The van der Waals surface area contributed by atoms with Crippen molar-refractivity contribution in [1.29, 1.82) is 0 Å². The zero-order chi connectivity index (χ0) is 15.2. The number of benzene rings is 1. The standard InChI is InChI=1S/C15H18ClN3OS/c1-4-10-8-11(6-7-12(10)16)20-14-9-13(17-5-2)18-15(19-14)21-3/h6-9H,4-5H2,1-3H3,(H,17,18,19). The molecule has 112 valence electrons. The van der Waals surface area contributed by atoms with Crippen molar-refractivity contribution in [2.45, 2.75) is 25.4 Å². The number of aryl methyl sites for hydroxylation is 1. The van der Waals surface area contributed by atoms with Crippen molar-refractivity contribution in [1.82, 2.24) is 9.97 Å². The van der Waals surface area contributed by atoms with Crippen LogP contribution in [0, 0.1) is 0 Å². The minimum absolute atomic E-state index is 0.523. The number of nitrogens with zero attached hydrogens (tertiary/aromatic N) is 2. The van der Waals surface area contributed by atoms with Crippen LogP contribution in [-0.4, -0.2) is 22.8 Å². The highest BCUT2D eigenvalue weighted by molar-refractivity contribution is 7.98. The van der Waals surface area contributed by atoms with Gasteiger partial charge >= 0.3 is 0 Å². The van der Waals surface area contributed by atoms with Crippen molar-refractivity contribution in [2.75, 3.05) is 18.1 Å². The monoisotopic (exact) mass is 323 g/mol. The Bertz CT molecular complexity index is 622. The maximum Gasteiger partial charge on any atom is 0.225 e. The lowest BCUT2D eigenvalue weighted by molar-refractivity contribution is 0.455. The third kappa shape index (κ3) is 4.25. The number of aromatic nitrogens is 2. The third-order valence-electron chi connectivity index (χ3n) is 2.84. The Labute approximate surface area is 134 Å². The van der Waals surface area contributed by atoms with Gasteiger partial charge in [0.2, 0.25) is 5.88 Å². The van der Waals surface area contributed by atoms with Gasteiger partial charge in [0.1, 0.15) is 11.6 Å². The molecule has 4 nitrogen and oxygen atoms in total. The van der Waals surface area contributed by atoms with Gasteiger partial charge in [-0.1, -0.05) is 30.3 Å². The summed E-state index contributed by atoms with van der Waals surface area (Å²) in [6.07, 6.45) is 2.80. The second-order valence-electron chi connectivity index (χ2n) is 4.32. The molecule has 0 bridgehead atoms. The van der Waals surface area contributed by atoms with Crippen molar-refractivity contribution < 1.29 is 4.74 Å². The number of thioether (sulfide) groups is 1. The molecule has 0 aliphatic heterocycles. The largest absolute Gasteiger partial charge is 0.439 e. The number of nitrogens with one attached hydrogen (secondary N) is 1. The average Bonchev–Trinajstić information content (AvgIpc) is 2.49. The minimum atomic E-state index is 0.523. The van der Waals surface area contributed by atoms with Crippen LogP contribution in [0.4, 0.5) is 5.82 Å². The highest BCUT2D eigenvalue weighted by Crippen LogP contribution is 2.27. The molecule has 0 aliphatic carbocycles. The van der Waals surface area contributed by atoms with E-state index in [0.29, 0.717) is 11.0 Å². The first-order chi connectivity index (χ1) is 10.2. The summed E-state index contributed by atoms with van der Waals surface area (Å²) in [6.45, 7) is 4.88. The Hall–Kier alpha value is -1.46. The number of hydrogen-bond acceptors (Lipinski definition) is 5. The average molecular weight is 324 g/mol. The maximum atomic E-state index is 6.12. The summed E-state index contributed by atoms with van der Waals surface area (Å²) in [5.74, 6) is 2.01. The summed E-state index contributed by atoms with van der Waals surface area (Å²) in [5.41, 5.74) is 1.06. The van der Waals surface area contributed by atoms with Crippen LogP contribution in [0.5, 0.6) is 11.6 Å². The molecule has 0 unspecified atom stereocenters. The van der Waals surface area contributed by atoms with Crippen molar-refractivity contribution in [3.05, 3.63) is 34.9 Å². The molecule has 1 N–H and O–H groups in total. The SMILES string of the molecule is CCNc1cc(Oc2ccc(Cl)c(CC)c2)nc(SC)n1. The van der Waals surface area contributed by atoms with Crippen LogP contribution in [0.15, 0.2) is 29.4 Å². The molecule has 0 atom stereocenters. The normalized spacial score (nSPS) is 10.5. The van der Waals surface area contributed by atoms with Crippen molar-refractivity contribution in [3.8, 4) is 11.6 Å². The van der Waals surface area contributed by atoms with Crippen LogP contribution in [0.1, 0.15) is 19.4 Å². The van der Waals surface area contributed by atoms with E-state index in [2.05, 4.69) is 22.2 Å². The van der Waals surface area contributed by atoms with Gasteiger partial charge < -0.3 is 10.1 Å². The molecule has 0 fully saturated rings. The highest BCUT2D eigenvalue weighted by Gasteiger charge is 2.07. The number of ether oxygens (including phenoxy) is 1. The van der Waals surface area contributed by atoms with E-state index in [1.807, 2.05) is 31.4 Å². The molecule has 0 saturated heterocycles. The fourth-order valence-electron chi connectivity index (χ4n) is 1.83. The Morgan fingerprint density at radius 2 is 2.05 bits per heavy atom. The first-order valence-corrected chi connectivity index (χ1v) is 8.39. The van der Waals surface area contributed by atoms with Gasteiger partial charge in [-0.3, -0.25) is 0 Å². The molecule has 2 aromatic rings. The molecule has 0 spiro atoms. The second-order valence-corrected chi connectivity index (χ2v) is 5.50. The summed E-state index contributed by atoms with van der Waals surface area (Å²) in [6, 6.07) is 7.42. The minimum Gasteiger partial charge on any atom is -0.439 e. The van der Waals surface area contributed by atoms with Crippen molar-refractivity contribution in [3.63, 3.8) is 0 Å². The van der Waals surface area contributed by atoms with Crippen LogP contribution < -0.4 is 10.1 Å². The van der Waals surface area contributed by atoms with E-state index < -0.39 is 0 Å². The summed E-state index contributed by atoms with van der Waals surface area (Å²) in [5, 5.41) is 4.60. The zero-order valence-corrected chi connectivity index (χ0v) is 13.9. The Morgan fingerprint density at radius 3 is 2.71 bits per heavy atom. The Kier molecular flexibility index (Phi) is 5.70. The molecule has 0 aliphatic rings. The molecule has 0 saturated carbocycles. The quantitative estimate of drug-likeness (QED) is 0.620. The second kappa shape index (κ2) is 7.52. The number of rotatable bonds is 6. The predicted molar refractivity (Wildman–Crippen MR) is 88.9 cm³/mol. The maximum absolute atomic E-state index is 6.12. The molecule has 0 amide bonds. The molecule has 6 heteroatoms. The van der Waals surface area contributed by atoms with Gasteiger partial charge in [-0.25, -0.2) is 4.98 Å². The molecular formula is C15H18ClN3OS. The Balaban J connectivity index is 2.27. The fraction of sp³-hybridized carbons (Fsp3) is 0.333. The first kappa shape index (κ1) is 15.9. The van der Waals surface area contributed by atoms with Crippen LogP contribution in [-0.2, 0) is 6.42 Å². The Morgan fingerprint density at radius 1 is 1.24 bits per heavy atom. The van der Waals surface area contributed by atoms with Gasteiger partial charge in [-0.2, -0.15) is 4.98 Å². The van der Waals surface area contributed by atoms with Crippen molar-refractivity contribution >= 4 is 29.2 Å². The van der Waals surface area contributed by atoms with Gasteiger partial charge in [0.15, 0.2) is 5.16 Å². The zero-order valence-electron chi connectivity index (χ0n) is 12.3. The molecule has 1 aromatic carbocycles. The van der Waals surface area contributed by atoms with Gasteiger partial charge in [0.25, 0.3) is 0 Å². The molecule has 0 radical (unpaired) electrons. The van der Waals surface area contributed by atoms with E-state index in [1.54, 1.807) is 6.07 Å². The number of anilines is 1. The van der Waals surface area contributed by atoms with E-state index in [4.69, 9.17) is 16.3 Å². The number of hydrogen-bond donors (Lipinski definition) is 1. The molecule has 1 aromatic heterocycles. The third-order valence-corrected chi connectivity index (χ3v) is 3.76. The molecule has 1 heterocycles. The molecular weight excluding hydrogens is 306 g/mol. The van der Waals surface area contributed by atoms with Crippen LogP contribution in [0.2, 0.25) is 5.02 Å². The lowest BCUT2D eigenvalue weighted by Crippen LogP contribution is -2.02. The van der Waals surface area contributed by atoms with E-state index in [1.165, 1.54) is 11.8 Å². The lowest BCUT2D eigenvalue weighted by atomic mass is 10.1. The number of halogens is 1. The first-order valence-electron chi connectivity index (χ1n) is 6.79. The van der Waals surface area contributed by atoms with E-state index >= 15 is 0 Å². The van der Waals surface area contributed by atoms with Gasteiger partial charge in [-0.15, -0.1) is 0 Å². The van der Waals surface area contributed by atoms with Gasteiger partial charge in [-0.05, 0) is 43.4 Å². The molecule has 2 rings (SSSR count). The molecule has 21 heavy (non-hydrogen) atoms.